The Morgan fingerprint density at radius 3 is 2.67 bits per heavy atom. The summed E-state index contributed by atoms with van der Waals surface area (Å²) in [6.07, 6.45) is 1.58. The Balaban J connectivity index is 1.85. The first-order valence-corrected chi connectivity index (χ1v) is 7.33. The predicted octanol–water partition coefficient (Wildman–Crippen LogP) is 1.69. The number of carboxylic acids is 1. The fraction of sp³-hybridized carbons (Fsp3) is 0.188. The number of aromatic carboxylic acids is 1. The van der Waals surface area contributed by atoms with E-state index in [1.807, 2.05) is 43.3 Å². The number of nitrogens with two attached hydrogens (primary N) is 1. The Bertz CT molecular complexity index is 885. The first-order chi connectivity index (χ1) is 11.4. The van der Waals surface area contributed by atoms with Crippen LogP contribution in [0.15, 0.2) is 36.5 Å². The minimum Gasteiger partial charge on any atom is -0.478 e. The van der Waals surface area contributed by atoms with Crippen molar-refractivity contribution >= 4 is 28.9 Å². The molecule has 3 rings (SSSR count). The normalized spacial score (nSPS) is 10.8. The summed E-state index contributed by atoms with van der Waals surface area (Å²) >= 11 is 0. The Morgan fingerprint density at radius 1 is 1.33 bits per heavy atom. The van der Waals surface area contributed by atoms with Gasteiger partial charge in [0.25, 0.3) is 0 Å². The molecule has 0 radical (unpaired) electrons. The van der Waals surface area contributed by atoms with Gasteiger partial charge in [-0.25, -0.2) is 9.31 Å². The topological polar surface area (TPSA) is 109 Å². The van der Waals surface area contributed by atoms with Gasteiger partial charge in [0.2, 0.25) is 5.95 Å². The fourth-order valence-corrected chi connectivity index (χ4v) is 2.37. The van der Waals surface area contributed by atoms with Crippen LogP contribution in [0.5, 0.6) is 0 Å². The van der Waals surface area contributed by atoms with Crippen LogP contribution in [0.4, 0.5) is 17.3 Å². The molecule has 8 nitrogen and oxygen atoms in total. The van der Waals surface area contributed by atoms with Crippen molar-refractivity contribution in [3.8, 4) is 0 Å². The van der Waals surface area contributed by atoms with Gasteiger partial charge < -0.3 is 21.1 Å². The molecule has 2 aromatic heterocycles. The van der Waals surface area contributed by atoms with E-state index in [-0.39, 0.29) is 11.5 Å². The van der Waals surface area contributed by atoms with E-state index in [9.17, 15) is 9.90 Å². The molecule has 0 aliphatic heterocycles. The van der Waals surface area contributed by atoms with Gasteiger partial charge in [-0.2, -0.15) is 4.98 Å². The summed E-state index contributed by atoms with van der Waals surface area (Å²) in [5.74, 6) is -0.938. The van der Waals surface area contributed by atoms with Gasteiger partial charge in [-0.05, 0) is 23.8 Å². The molecule has 0 unspecified atom stereocenters. The minimum absolute atomic E-state index is 0.0998. The second-order valence-corrected chi connectivity index (χ2v) is 5.59. The molecular weight excluding hydrogens is 308 g/mol. The lowest BCUT2D eigenvalue weighted by molar-refractivity contribution is 0.0698. The molecule has 0 saturated heterocycles. The zero-order valence-electron chi connectivity index (χ0n) is 13.4. The number of carbonyl (C=O) groups is 1. The molecule has 0 bridgehead atoms. The fourth-order valence-electron chi connectivity index (χ4n) is 2.37. The van der Waals surface area contributed by atoms with Crippen molar-refractivity contribution in [3.63, 3.8) is 0 Å². The van der Waals surface area contributed by atoms with E-state index in [0.717, 1.165) is 11.3 Å². The summed E-state index contributed by atoms with van der Waals surface area (Å²) < 4.78 is 1.46. The molecular formula is C16H18N6O2. The first-order valence-electron chi connectivity index (χ1n) is 7.33. The van der Waals surface area contributed by atoms with Crippen LogP contribution in [0, 0.1) is 0 Å². The van der Waals surface area contributed by atoms with E-state index >= 15 is 0 Å². The number of hydrogen-bond acceptors (Lipinski definition) is 6. The lowest BCUT2D eigenvalue weighted by Gasteiger charge is -2.14. The van der Waals surface area contributed by atoms with Crippen molar-refractivity contribution in [2.75, 3.05) is 30.0 Å². The summed E-state index contributed by atoms with van der Waals surface area (Å²) in [5.41, 5.74) is 8.67. The van der Waals surface area contributed by atoms with Crippen molar-refractivity contribution in [2.45, 2.75) is 6.54 Å². The maximum Gasteiger partial charge on any atom is 0.337 e. The van der Waals surface area contributed by atoms with Crippen molar-refractivity contribution in [3.05, 3.63) is 47.7 Å². The van der Waals surface area contributed by atoms with Crippen LogP contribution < -0.4 is 16.0 Å². The molecule has 0 aliphatic carbocycles. The van der Waals surface area contributed by atoms with Gasteiger partial charge in [-0.15, -0.1) is 5.10 Å². The molecule has 4 N–H and O–H groups in total. The van der Waals surface area contributed by atoms with Crippen molar-refractivity contribution in [2.24, 2.45) is 0 Å². The van der Waals surface area contributed by atoms with Gasteiger partial charge in [-0.1, -0.05) is 12.1 Å². The monoisotopic (exact) mass is 326 g/mol. The van der Waals surface area contributed by atoms with Crippen LogP contribution in [0.1, 0.15) is 15.9 Å². The predicted molar refractivity (Wildman–Crippen MR) is 92.5 cm³/mol. The lowest BCUT2D eigenvalue weighted by Crippen LogP contribution is -2.10. The molecule has 24 heavy (non-hydrogen) atoms. The molecule has 124 valence electrons. The van der Waals surface area contributed by atoms with Gasteiger partial charge >= 0.3 is 5.97 Å². The average molecular weight is 326 g/mol. The van der Waals surface area contributed by atoms with Crippen LogP contribution in [0.3, 0.4) is 0 Å². The average Bonchev–Trinajstić information content (AvgIpc) is 2.91. The van der Waals surface area contributed by atoms with E-state index in [1.54, 1.807) is 6.20 Å². The van der Waals surface area contributed by atoms with Crippen molar-refractivity contribution in [1.29, 1.82) is 0 Å². The summed E-state index contributed by atoms with van der Waals surface area (Å²) in [6, 6.07) is 9.46. The van der Waals surface area contributed by atoms with E-state index in [2.05, 4.69) is 15.4 Å². The second-order valence-electron chi connectivity index (χ2n) is 5.59. The molecule has 3 aromatic rings. The third kappa shape index (κ3) is 3.07. The molecule has 0 spiro atoms. The summed E-state index contributed by atoms with van der Waals surface area (Å²) in [4.78, 5) is 17.5. The highest BCUT2D eigenvalue weighted by atomic mass is 16.4. The summed E-state index contributed by atoms with van der Waals surface area (Å²) in [6.45, 7) is 0.490. The van der Waals surface area contributed by atoms with Crippen LogP contribution in [-0.4, -0.2) is 39.8 Å². The van der Waals surface area contributed by atoms with Crippen LogP contribution in [0.25, 0.3) is 5.65 Å². The molecule has 0 amide bonds. The number of carboxylic acid groups (broad SMARTS) is 1. The molecule has 1 aromatic carbocycles. The van der Waals surface area contributed by atoms with E-state index in [4.69, 9.17) is 5.73 Å². The number of nitrogens with one attached hydrogen (secondary N) is 1. The molecule has 0 saturated carbocycles. The van der Waals surface area contributed by atoms with Gasteiger partial charge in [0, 0.05) is 26.3 Å². The maximum absolute atomic E-state index is 11.5. The standard InChI is InChI=1S/C16H18N6O2/c1-21(2)11-5-3-10(4-6-11)8-18-13-9-22-14(19-16(17)20-22)7-12(13)15(23)24/h3-7,9,18H,8H2,1-2H3,(H2,17,20)(H,23,24). The van der Waals surface area contributed by atoms with Crippen molar-refractivity contribution in [1.82, 2.24) is 14.6 Å². The zero-order chi connectivity index (χ0) is 17.3. The van der Waals surface area contributed by atoms with Gasteiger partial charge in [0.15, 0.2) is 5.65 Å². The number of rotatable bonds is 5. The highest BCUT2D eigenvalue weighted by Gasteiger charge is 2.14. The zero-order valence-corrected chi connectivity index (χ0v) is 13.4. The highest BCUT2D eigenvalue weighted by Crippen LogP contribution is 2.20. The number of pyridine rings is 1. The number of fused-ring (bicyclic) bond motifs is 1. The highest BCUT2D eigenvalue weighted by molar-refractivity contribution is 5.95. The third-order valence-electron chi connectivity index (χ3n) is 3.66. The first kappa shape index (κ1) is 15.6. The van der Waals surface area contributed by atoms with Crippen molar-refractivity contribution < 1.29 is 9.90 Å². The second kappa shape index (κ2) is 6.07. The number of hydrogen-bond donors (Lipinski definition) is 3. The SMILES string of the molecule is CN(C)c1ccc(CNc2cn3nc(N)nc3cc2C(=O)O)cc1. The van der Waals surface area contributed by atoms with Gasteiger partial charge in [0.05, 0.1) is 17.4 Å². The Hall–Kier alpha value is -3.29. The molecule has 0 fully saturated rings. The number of anilines is 3. The molecule has 8 heteroatoms. The van der Waals surface area contributed by atoms with Crippen LogP contribution >= 0.6 is 0 Å². The largest absolute Gasteiger partial charge is 0.478 e. The Morgan fingerprint density at radius 2 is 2.04 bits per heavy atom. The third-order valence-corrected chi connectivity index (χ3v) is 3.66. The summed E-state index contributed by atoms with van der Waals surface area (Å²) in [7, 11) is 3.96. The number of benzene rings is 1. The van der Waals surface area contributed by atoms with E-state index in [1.165, 1.54) is 10.6 Å². The minimum atomic E-state index is -1.04. The molecule has 0 atom stereocenters. The number of nitrogen functional groups attached to an aromatic ring is 1. The van der Waals surface area contributed by atoms with E-state index in [0.29, 0.717) is 17.9 Å². The smallest absolute Gasteiger partial charge is 0.337 e. The lowest BCUT2D eigenvalue weighted by atomic mass is 10.1. The Labute approximate surface area is 138 Å². The Kier molecular flexibility index (Phi) is 3.95. The van der Waals surface area contributed by atoms with Crippen LogP contribution in [-0.2, 0) is 6.54 Å². The number of nitrogens with zero attached hydrogens (tertiary/aromatic N) is 4. The van der Waals surface area contributed by atoms with Crippen LogP contribution in [0.2, 0.25) is 0 Å². The maximum atomic E-state index is 11.5. The van der Waals surface area contributed by atoms with Gasteiger partial charge in [0.1, 0.15) is 0 Å². The van der Waals surface area contributed by atoms with E-state index < -0.39 is 5.97 Å². The quantitative estimate of drug-likeness (QED) is 0.654. The number of aromatic nitrogens is 3. The van der Waals surface area contributed by atoms with Gasteiger partial charge in [-0.3, -0.25) is 0 Å². The molecule has 0 aliphatic rings. The molecule has 2 heterocycles. The summed E-state index contributed by atoms with van der Waals surface area (Å²) in [5, 5.41) is 16.5.